The summed E-state index contributed by atoms with van der Waals surface area (Å²) in [5.41, 5.74) is 3.07. The minimum atomic E-state index is -0.311. The second-order valence-electron chi connectivity index (χ2n) is 6.67. The van der Waals surface area contributed by atoms with Gasteiger partial charge in [-0.25, -0.2) is 10.0 Å². The average molecular weight is 344 g/mol. The summed E-state index contributed by atoms with van der Waals surface area (Å²) in [6.45, 7) is 0. The number of hydrogen-bond donors (Lipinski definition) is 0. The van der Waals surface area contributed by atoms with Crippen molar-refractivity contribution in [1.29, 1.82) is 0 Å². The first-order valence-corrected chi connectivity index (χ1v) is 8.65. The van der Waals surface area contributed by atoms with Crippen LogP contribution in [0.2, 0.25) is 0 Å². The maximum atomic E-state index is 12.8. The molecule has 0 unspecified atom stereocenters. The van der Waals surface area contributed by atoms with Gasteiger partial charge in [0.05, 0.1) is 34.6 Å². The van der Waals surface area contributed by atoms with Crippen LogP contribution in [0.25, 0.3) is 0 Å². The molecule has 26 heavy (non-hydrogen) atoms. The minimum absolute atomic E-state index is 0.0436. The molecule has 2 atom stereocenters. The summed E-state index contributed by atoms with van der Waals surface area (Å²) in [5, 5.41) is 12.0. The van der Waals surface area contributed by atoms with Gasteiger partial charge in [0.2, 0.25) is 0 Å². The van der Waals surface area contributed by atoms with Crippen molar-refractivity contribution in [2.45, 2.75) is 12.8 Å². The highest BCUT2D eigenvalue weighted by Gasteiger charge is 2.48. The molecule has 128 valence electrons. The number of para-hydroxylation sites is 2. The Kier molecular flexibility index (Phi) is 3.25. The highest BCUT2D eigenvalue weighted by Crippen LogP contribution is 2.37. The van der Waals surface area contributed by atoms with Gasteiger partial charge in [0.25, 0.3) is 11.8 Å². The maximum absolute atomic E-state index is 12.8. The quantitative estimate of drug-likeness (QED) is 0.841. The molecule has 0 saturated heterocycles. The second kappa shape index (κ2) is 5.62. The van der Waals surface area contributed by atoms with Gasteiger partial charge in [0.1, 0.15) is 0 Å². The summed E-state index contributed by atoms with van der Waals surface area (Å²) in [4.78, 5) is 25.6. The molecule has 0 spiro atoms. The number of fused-ring (bicyclic) bond motifs is 2. The van der Waals surface area contributed by atoms with Crippen LogP contribution in [0.3, 0.4) is 0 Å². The molecule has 0 aromatic heterocycles. The Morgan fingerprint density at radius 2 is 1.04 bits per heavy atom. The van der Waals surface area contributed by atoms with Crippen LogP contribution in [-0.4, -0.2) is 23.2 Å². The number of rotatable bonds is 2. The summed E-state index contributed by atoms with van der Waals surface area (Å²) in [5.74, 6) is -0.710. The minimum Gasteiger partial charge on any atom is -0.272 e. The largest absolute Gasteiger partial charge is 0.272 e. The Morgan fingerprint density at radius 3 is 1.42 bits per heavy atom. The van der Waals surface area contributed by atoms with Crippen molar-refractivity contribution < 1.29 is 9.59 Å². The smallest absolute Gasteiger partial charge is 0.256 e. The van der Waals surface area contributed by atoms with Crippen LogP contribution in [0.15, 0.2) is 70.9 Å². The van der Waals surface area contributed by atoms with E-state index in [0.29, 0.717) is 12.8 Å². The molecule has 1 saturated carbocycles. The normalized spacial score (nSPS) is 24.3. The van der Waals surface area contributed by atoms with E-state index in [1.54, 1.807) is 0 Å². The highest BCUT2D eigenvalue weighted by atomic mass is 16.2. The fourth-order valence-electron chi connectivity index (χ4n) is 3.78. The van der Waals surface area contributed by atoms with Gasteiger partial charge in [0, 0.05) is 12.8 Å². The summed E-state index contributed by atoms with van der Waals surface area (Å²) >= 11 is 0. The van der Waals surface area contributed by atoms with Crippen molar-refractivity contribution in [2.75, 3.05) is 10.0 Å². The van der Waals surface area contributed by atoms with Crippen molar-refractivity contribution in [3.8, 4) is 0 Å². The van der Waals surface area contributed by atoms with E-state index in [1.807, 2.05) is 60.7 Å². The molecule has 2 heterocycles. The number of benzene rings is 2. The number of carbonyl (C=O) groups excluding carboxylic acids is 2. The van der Waals surface area contributed by atoms with Gasteiger partial charge in [-0.3, -0.25) is 9.59 Å². The second-order valence-corrected chi connectivity index (χ2v) is 6.67. The first-order valence-electron chi connectivity index (χ1n) is 8.65. The van der Waals surface area contributed by atoms with Gasteiger partial charge >= 0.3 is 0 Å². The van der Waals surface area contributed by atoms with Crippen LogP contribution in [-0.2, 0) is 9.59 Å². The Hall–Kier alpha value is -3.28. The molecule has 6 heteroatoms. The number of hydrazone groups is 2. The summed E-state index contributed by atoms with van der Waals surface area (Å²) in [7, 11) is 0. The van der Waals surface area contributed by atoms with E-state index >= 15 is 0 Å². The molecule has 0 N–H and O–H groups in total. The van der Waals surface area contributed by atoms with E-state index < -0.39 is 0 Å². The van der Waals surface area contributed by atoms with Crippen molar-refractivity contribution in [2.24, 2.45) is 22.0 Å². The third kappa shape index (κ3) is 2.19. The molecule has 3 aliphatic rings. The molecule has 0 bridgehead atoms. The molecular formula is C20H16N4O2. The lowest BCUT2D eigenvalue weighted by atomic mass is 9.79. The summed E-state index contributed by atoms with van der Waals surface area (Å²) < 4.78 is 0. The predicted molar refractivity (Wildman–Crippen MR) is 98.9 cm³/mol. The molecule has 2 aromatic rings. The van der Waals surface area contributed by atoms with Crippen LogP contribution in [0.1, 0.15) is 12.8 Å². The van der Waals surface area contributed by atoms with Crippen LogP contribution in [0.4, 0.5) is 11.4 Å². The molecule has 2 amide bonds. The molecule has 6 nitrogen and oxygen atoms in total. The van der Waals surface area contributed by atoms with Crippen molar-refractivity contribution in [3.05, 3.63) is 60.7 Å². The zero-order valence-electron chi connectivity index (χ0n) is 13.9. The third-order valence-corrected chi connectivity index (χ3v) is 5.10. The Morgan fingerprint density at radius 1 is 0.654 bits per heavy atom. The number of hydrogen-bond acceptors (Lipinski definition) is 4. The summed E-state index contributed by atoms with van der Waals surface area (Å²) in [6, 6.07) is 18.8. The fraction of sp³-hybridized carbons (Fsp3) is 0.200. The van der Waals surface area contributed by atoms with Crippen LogP contribution >= 0.6 is 0 Å². The standard InChI is InChI=1S/C20H16N4O2/c25-19-15-11-18-16(20(26)24(22-18)14-9-5-2-6-10-14)12-17(15)21-23(19)13-7-3-1-4-8-13/h1-10,15-16H,11-12H2/t15-,16+. The van der Waals surface area contributed by atoms with E-state index in [1.165, 1.54) is 10.0 Å². The molecule has 1 fully saturated rings. The average Bonchev–Trinajstić information content (AvgIpc) is 3.19. The van der Waals surface area contributed by atoms with Gasteiger partial charge in [0.15, 0.2) is 0 Å². The van der Waals surface area contributed by atoms with Gasteiger partial charge in [-0.2, -0.15) is 10.2 Å². The lowest BCUT2D eigenvalue weighted by molar-refractivity contribution is -0.121. The number of nitrogens with zero attached hydrogens (tertiary/aromatic N) is 4. The molecule has 0 radical (unpaired) electrons. The van der Waals surface area contributed by atoms with Gasteiger partial charge < -0.3 is 0 Å². The van der Waals surface area contributed by atoms with Gasteiger partial charge in [-0.1, -0.05) is 36.4 Å². The first kappa shape index (κ1) is 15.0. The SMILES string of the molecule is O=C1[C@H]2CC3=NN(c4ccccc4)C(=O)[C@@H]3CC2=NN1c1ccccc1. The van der Waals surface area contributed by atoms with Crippen molar-refractivity contribution in [1.82, 2.24) is 0 Å². The Balaban J connectivity index is 1.44. The molecule has 2 aliphatic heterocycles. The fourth-order valence-corrected chi connectivity index (χ4v) is 3.78. The Bertz CT molecular complexity index is 873. The third-order valence-electron chi connectivity index (χ3n) is 5.10. The lowest BCUT2D eigenvalue weighted by Gasteiger charge is -2.21. The maximum Gasteiger partial charge on any atom is 0.256 e. The highest BCUT2D eigenvalue weighted by molar-refractivity contribution is 6.26. The van der Waals surface area contributed by atoms with E-state index in [9.17, 15) is 9.59 Å². The zero-order valence-corrected chi connectivity index (χ0v) is 13.9. The van der Waals surface area contributed by atoms with E-state index in [-0.39, 0.29) is 23.7 Å². The number of anilines is 2. The van der Waals surface area contributed by atoms with Crippen molar-refractivity contribution >= 4 is 34.6 Å². The molecule has 2 aromatic carbocycles. The number of amides is 2. The molecule has 1 aliphatic carbocycles. The van der Waals surface area contributed by atoms with E-state index in [2.05, 4.69) is 10.2 Å². The summed E-state index contributed by atoms with van der Waals surface area (Å²) in [6.07, 6.45) is 0.918. The van der Waals surface area contributed by atoms with E-state index in [0.717, 1.165) is 22.8 Å². The topological polar surface area (TPSA) is 65.3 Å². The Labute approximate surface area is 150 Å². The van der Waals surface area contributed by atoms with Crippen LogP contribution < -0.4 is 10.0 Å². The predicted octanol–water partition coefficient (Wildman–Crippen LogP) is 2.82. The molecule has 5 rings (SSSR count). The lowest BCUT2D eigenvalue weighted by Crippen LogP contribution is -2.38. The van der Waals surface area contributed by atoms with Gasteiger partial charge in [-0.05, 0) is 24.3 Å². The molecular weight excluding hydrogens is 328 g/mol. The number of carbonyl (C=O) groups is 2. The van der Waals surface area contributed by atoms with Gasteiger partial charge in [-0.15, -0.1) is 0 Å². The van der Waals surface area contributed by atoms with Crippen molar-refractivity contribution in [3.63, 3.8) is 0 Å². The first-order chi connectivity index (χ1) is 12.7. The van der Waals surface area contributed by atoms with Crippen LogP contribution in [0, 0.1) is 11.8 Å². The van der Waals surface area contributed by atoms with Crippen LogP contribution in [0.5, 0.6) is 0 Å². The monoisotopic (exact) mass is 344 g/mol. The van der Waals surface area contributed by atoms with E-state index in [4.69, 9.17) is 0 Å². The zero-order chi connectivity index (χ0) is 17.7.